The molecule has 0 saturated carbocycles. The molecular formula is C14H19F3N2. The van der Waals surface area contributed by atoms with Crippen molar-refractivity contribution in [1.82, 2.24) is 10.2 Å². The lowest BCUT2D eigenvalue weighted by Crippen LogP contribution is -2.48. The van der Waals surface area contributed by atoms with Crippen LogP contribution >= 0.6 is 0 Å². The largest absolute Gasteiger partial charge is 0.457 e. The minimum atomic E-state index is -4.28. The van der Waals surface area contributed by atoms with Gasteiger partial charge in [-0.1, -0.05) is 36.8 Å². The molecule has 1 aromatic rings. The number of nitrogens with zero attached hydrogens (tertiary/aromatic N) is 1. The van der Waals surface area contributed by atoms with Gasteiger partial charge in [0.2, 0.25) is 0 Å². The third-order valence-corrected chi connectivity index (χ3v) is 3.52. The molecule has 0 spiro atoms. The zero-order chi connectivity index (χ0) is 13.7. The topological polar surface area (TPSA) is 15.3 Å². The molecule has 0 amide bonds. The lowest BCUT2D eigenvalue weighted by molar-refractivity contribution is -0.159. The quantitative estimate of drug-likeness (QED) is 0.847. The maximum absolute atomic E-state index is 12.2. The summed E-state index contributed by atoms with van der Waals surface area (Å²) in [5, 5.41) is 1.67. The Bertz CT molecular complexity index is 378. The molecule has 5 heteroatoms. The smallest absolute Gasteiger partial charge is 0.295 e. The molecule has 0 bridgehead atoms. The predicted molar refractivity (Wildman–Crippen MR) is 68.5 cm³/mol. The van der Waals surface area contributed by atoms with Gasteiger partial charge in [0.05, 0.1) is 0 Å². The second-order valence-corrected chi connectivity index (χ2v) is 4.98. The molecular weight excluding hydrogens is 253 g/mol. The fourth-order valence-electron chi connectivity index (χ4n) is 2.55. The molecule has 1 aliphatic rings. The second-order valence-electron chi connectivity index (χ2n) is 4.98. The van der Waals surface area contributed by atoms with Gasteiger partial charge in [-0.2, -0.15) is 13.2 Å². The third-order valence-electron chi connectivity index (χ3n) is 3.52. The van der Waals surface area contributed by atoms with Crippen molar-refractivity contribution in [3.05, 3.63) is 35.9 Å². The molecule has 0 unspecified atom stereocenters. The van der Waals surface area contributed by atoms with E-state index in [2.05, 4.69) is 4.90 Å². The molecule has 106 valence electrons. The summed E-state index contributed by atoms with van der Waals surface area (Å²) in [5.74, 6) is 0. The average molecular weight is 272 g/mol. The van der Waals surface area contributed by atoms with E-state index in [1.165, 1.54) is 0 Å². The van der Waals surface area contributed by atoms with Crippen LogP contribution in [0.4, 0.5) is 13.2 Å². The molecule has 19 heavy (non-hydrogen) atoms. The monoisotopic (exact) mass is 272 g/mol. The molecule has 2 rings (SSSR count). The SMILES string of the molecule is FC(F)(F)NC[C@H]1CCCCN1Cc1ccccc1. The fraction of sp³-hybridized carbons (Fsp3) is 0.571. The first-order valence-electron chi connectivity index (χ1n) is 6.64. The van der Waals surface area contributed by atoms with Gasteiger partial charge in [0, 0.05) is 19.1 Å². The summed E-state index contributed by atoms with van der Waals surface area (Å²) in [6.07, 6.45) is -1.38. The van der Waals surface area contributed by atoms with Crippen LogP contribution in [-0.4, -0.2) is 30.3 Å². The van der Waals surface area contributed by atoms with Gasteiger partial charge in [0.1, 0.15) is 0 Å². The number of rotatable bonds is 4. The molecule has 0 radical (unpaired) electrons. The summed E-state index contributed by atoms with van der Waals surface area (Å²) in [7, 11) is 0. The van der Waals surface area contributed by atoms with Crippen LogP contribution in [0.2, 0.25) is 0 Å². The van der Waals surface area contributed by atoms with Gasteiger partial charge in [-0.05, 0) is 24.9 Å². The Balaban J connectivity index is 1.92. The highest BCUT2D eigenvalue weighted by Crippen LogP contribution is 2.20. The molecule has 0 aromatic heterocycles. The van der Waals surface area contributed by atoms with Crippen molar-refractivity contribution >= 4 is 0 Å². The maximum atomic E-state index is 12.2. The number of alkyl halides is 3. The Morgan fingerprint density at radius 3 is 2.58 bits per heavy atom. The van der Waals surface area contributed by atoms with Crippen LogP contribution in [0.25, 0.3) is 0 Å². The Morgan fingerprint density at radius 2 is 1.89 bits per heavy atom. The first-order chi connectivity index (χ1) is 9.04. The van der Waals surface area contributed by atoms with Crippen molar-refractivity contribution in [2.45, 2.75) is 38.1 Å². The molecule has 1 heterocycles. The van der Waals surface area contributed by atoms with E-state index in [1.54, 1.807) is 5.32 Å². The number of halogens is 3. The van der Waals surface area contributed by atoms with Crippen LogP contribution in [0.15, 0.2) is 30.3 Å². The number of nitrogens with one attached hydrogen (secondary N) is 1. The van der Waals surface area contributed by atoms with Crippen LogP contribution in [-0.2, 0) is 6.54 Å². The third kappa shape index (κ3) is 4.84. The van der Waals surface area contributed by atoms with Crippen LogP contribution in [0.1, 0.15) is 24.8 Å². The zero-order valence-corrected chi connectivity index (χ0v) is 10.8. The van der Waals surface area contributed by atoms with Crippen LogP contribution in [0.3, 0.4) is 0 Å². The Morgan fingerprint density at radius 1 is 1.16 bits per heavy atom. The summed E-state index contributed by atoms with van der Waals surface area (Å²) in [6.45, 7) is 1.58. The molecule has 1 N–H and O–H groups in total. The standard InChI is InChI=1S/C14H19F3N2/c15-14(16,17)18-10-13-8-4-5-9-19(13)11-12-6-2-1-3-7-12/h1-3,6-7,13,18H,4-5,8-11H2/t13-/m1/s1. The molecule has 1 atom stereocenters. The van der Waals surface area contributed by atoms with Gasteiger partial charge < -0.3 is 0 Å². The molecule has 1 saturated heterocycles. The maximum Gasteiger partial charge on any atom is 0.457 e. The van der Waals surface area contributed by atoms with Gasteiger partial charge in [-0.25, -0.2) is 5.32 Å². The molecule has 1 aliphatic heterocycles. The lowest BCUT2D eigenvalue weighted by atomic mass is 10.0. The van der Waals surface area contributed by atoms with E-state index in [0.717, 1.165) is 37.9 Å². The highest BCUT2D eigenvalue weighted by Gasteiger charge is 2.30. The van der Waals surface area contributed by atoms with Crippen molar-refractivity contribution in [2.75, 3.05) is 13.1 Å². The van der Waals surface area contributed by atoms with E-state index in [1.807, 2.05) is 30.3 Å². The Hall–Kier alpha value is -1.07. The van der Waals surface area contributed by atoms with E-state index in [9.17, 15) is 13.2 Å². The summed E-state index contributed by atoms with van der Waals surface area (Å²) in [5.41, 5.74) is 1.15. The number of hydrogen-bond donors (Lipinski definition) is 1. The van der Waals surface area contributed by atoms with Crippen molar-refractivity contribution in [2.24, 2.45) is 0 Å². The van der Waals surface area contributed by atoms with E-state index >= 15 is 0 Å². The second kappa shape index (κ2) is 6.39. The van der Waals surface area contributed by atoms with Gasteiger partial charge >= 0.3 is 6.30 Å². The fourth-order valence-corrected chi connectivity index (χ4v) is 2.55. The molecule has 0 aliphatic carbocycles. The average Bonchev–Trinajstić information content (AvgIpc) is 2.38. The zero-order valence-electron chi connectivity index (χ0n) is 10.8. The number of piperidine rings is 1. The number of hydrogen-bond acceptors (Lipinski definition) is 2. The number of benzene rings is 1. The van der Waals surface area contributed by atoms with Crippen LogP contribution in [0, 0.1) is 0 Å². The van der Waals surface area contributed by atoms with Crippen molar-refractivity contribution < 1.29 is 13.2 Å². The summed E-state index contributed by atoms with van der Waals surface area (Å²) >= 11 is 0. The van der Waals surface area contributed by atoms with E-state index < -0.39 is 6.30 Å². The minimum absolute atomic E-state index is 0.0175. The van der Waals surface area contributed by atoms with Crippen LogP contribution < -0.4 is 5.32 Å². The van der Waals surface area contributed by atoms with Crippen molar-refractivity contribution in [3.63, 3.8) is 0 Å². The first kappa shape index (κ1) is 14.3. The summed E-state index contributed by atoms with van der Waals surface area (Å²) < 4.78 is 36.7. The van der Waals surface area contributed by atoms with Gasteiger partial charge in [-0.3, -0.25) is 4.90 Å². The highest BCUT2D eigenvalue weighted by atomic mass is 19.4. The lowest BCUT2D eigenvalue weighted by Gasteiger charge is -2.36. The molecule has 1 fully saturated rings. The summed E-state index contributed by atoms with van der Waals surface area (Å²) in [6, 6.07) is 9.87. The molecule has 1 aromatic carbocycles. The van der Waals surface area contributed by atoms with E-state index in [4.69, 9.17) is 0 Å². The van der Waals surface area contributed by atoms with Crippen molar-refractivity contribution in [1.29, 1.82) is 0 Å². The highest BCUT2D eigenvalue weighted by molar-refractivity contribution is 5.14. The number of likely N-dealkylation sites (tertiary alicyclic amines) is 1. The van der Waals surface area contributed by atoms with Gasteiger partial charge in [0.15, 0.2) is 0 Å². The van der Waals surface area contributed by atoms with E-state index in [0.29, 0.717) is 0 Å². The van der Waals surface area contributed by atoms with Crippen LogP contribution in [0.5, 0.6) is 0 Å². The van der Waals surface area contributed by atoms with Gasteiger partial charge in [-0.15, -0.1) is 0 Å². The van der Waals surface area contributed by atoms with Gasteiger partial charge in [0.25, 0.3) is 0 Å². The first-order valence-corrected chi connectivity index (χ1v) is 6.64. The predicted octanol–water partition coefficient (Wildman–Crippen LogP) is 3.15. The van der Waals surface area contributed by atoms with E-state index in [-0.39, 0.29) is 12.6 Å². The minimum Gasteiger partial charge on any atom is -0.295 e. The Labute approximate surface area is 111 Å². The Kier molecular flexibility index (Phi) is 4.82. The summed E-state index contributed by atoms with van der Waals surface area (Å²) in [4.78, 5) is 2.15. The van der Waals surface area contributed by atoms with Crippen molar-refractivity contribution in [3.8, 4) is 0 Å². The molecule has 2 nitrogen and oxygen atoms in total. The normalized spacial score (nSPS) is 21.5.